The van der Waals surface area contributed by atoms with Crippen LogP contribution < -0.4 is 5.32 Å². The van der Waals surface area contributed by atoms with E-state index in [1.165, 1.54) is 17.8 Å². The van der Waals surface area contributed by atoms with E-state index in [-0.39, 0.29) is 5.91 Å². The summed E-state index contributed by atoms with van der Waals surface area (Å²) in [5.74, 6) is 2.60. The maximum atomic E-state index is 12.0. The van der Waals surface area contributed by atoms with Crippen molar-refractivity contribution in [3.63, 3.8) is 0 Å². The summed E-state index contributed by atoms with van der Waals surface area (Å²) in [4.78, 5) is 34.3. The first-order chi connectivity index (χ1) is 17.9. The second-order valence-corrected chi connectivity index (χ2v) is 8.89. The van der Waals surface area contributed by atoms with Crippen molar-refractivity contribution < 1.29 is 14.3 Å². The summed E-state index contributed by atoms with van der Waals surface area (Å²) in [7, 11) is 0. The molecule has 7 nitrogen and oxygen atoms in total. The summed E-state index contributed by atoms with van der Waals surface area (Å²) >= 11 is 1.49. The van der Waals surface area contributed by atoms with Crippen LogP contribution in [-0.2, 0) is 27.5 Å². The third-order valence-electron chi connectivity index (χ3n) is 4.51. The molecule has 2 rings (SSSR count). The molecule has 0 saturated carbocycles. The third-order valence-corrected chi connectivity index (χ3v) is 5.57. The van der Waals surface area contributed by atoms with Gasteiger partial charge in [-0.2, -0.15) is 0 Å². The van der Waals surface area contributed by atoms with Crippen LogP contribution in [-0.4, -0.2) is 34.6 Å². The Morgan fingerprint density at radius 3 is 2.46 bits per heavy atom. The number of hydrogen-bond acceptors (Lipinski definition) is 6. The zero-order chi connectivity index (χ0) is 28.1. The van der Waals surface area contributed by atoms with Gasteiger partial charge in [0.25, 0.3) is 5.91 Å². The van der Waals surface area contributed by atoms with Gasteiger partial charge >= 0.3 is 0 Å². The molecule has 2 aromatic rings. The first kappa shape index (κ1) is 33.6. The number of amides is 1. The highest BCUT2D eigenvalue weighted by Crippen LogP contribution is 2.20. The SMILES string of the molecule is C/C=C\C(=C/C=O)OCc1cnc(C(C)C)[nH]1.C=N/C(C)=C(\SCC)C(=O)NCc1ccccc1.CC. The molecule has 37 heavy (non-hydrogen) atoms. The normalized spacial score (nSPS) is 11.5. The number of aromatic amines is 1. The predicted molar refractivity (Wildman–Crippen MR) is 156 cm³/mol. The average molecular weight is 527 g/mol. The fourth-order valence-electron chi connectivity index (χ4n) is 2.70. The van der Waals surface area contributed by atoms with Crippen molar-refractivity contribution in [1.82, 2.24) is 15.3 Å². The molecule has 1 aromatic heterocycles. The van der Waals surface area contributed by atoms with Crippen molar-refractivity contribution >= 4 is 30.7 Å². The van der Waals surface area contributed by atoms with Gasteiger partial charge in [-0.25, -0.2) is 4.98 Å². The number of aliphatic imine (C=N–C) groups is 1. The first-order valence-electron chi connectivity index (χ1n) is 12.4. The Bertz CT molecular complexity index is 1020. The molecule has 0 aliphatic rings. The van der Waals surface area contributed by atoms with Crippen molar-refractivity contribution in [2.24, 2.45) is 4.99 Å². The molecule has 0 radical (unpaired) electrons. The average Bonchev–Trinajstić information content (AvgIpc) is 3.40. The molecule has 0 saturated heterocycles. The van der Waals surface area contributed by atoms with E-state index < -0.39 is 0 Å². The summed E-state index contributed by atoms with van der Waals surface area (Å²) in [6, 6.07) is 9.82. The molecule has 1 aromatic carbocycles. The van der Waals surface area contributed by atoms with Gasteiger partial charge < -0.3 is 15.0 Å². The fraction of sp³-hybridized carbons (Fsp3) is 0.379. The lowest BCUT2D eigenvalue weighted by molar-refractivity contribution is -0.117. The number of carbonyl (C=O) groups excluding carboxylic acids is 2. The van der Waals surface area contributed by atoms with E-state index in [1.54, 1.807) is 19.2 Å². The maximum absolute atomic E-state index is 12.0. The van der Waals surface area contributed by atoms with E-state index in [9.17, 15) is 9.59 Å². The second-order valence-electron chi connectivity index (χ2n) is 7.62. The molecule has 202 valence electrons. The molecular weight excluding hydrogens is 484 g/mol. The largest absolute Gasteiger partial charge is 0.487 e. The number of ether oxygens (including phenoxy) is 1. The Balaban J connectivity index is 0.000000657. The number of imidazole rings is 1. The molecule has 0 bridgehead atoms. The van der Waals surface area contributed by atoms with Crippen LogP contribution in [0.4, 0.5) is 0 Å². The van der Waals surface area contributed by atoms with Gasteiger partial charge in [0.15, 0.2) is 0 Å². The summed E-state index contributed by atoms with van der Waals surface area (Å²) in [5.41, 5.74) is 2.65. The number of aldehydes is 1. The van der Waals surface area contributed by atoms with Crippen LogP contribution in [0.5, 0.6) is 0 Å². The molecule has 1 heterocycles. The molecule has 0 aliphatic carbocycles. The van der Waals surface area contributed by atoms with E-state index in [2.05, 4.69) is 40.8 Å². The van der Waals surface area contributed by atoms with Crippen LogP contribution >= 0.6 is 11.8 Å². The number of carbonyl (C=O) groups is 2. The number of nitrogens with one attached hydrogen (secondary N) is 2. The van der Waals surface area contributed by atoms with E-state index >= 15 is 0 Å². The highest BCUT2D eigenvalue weighted by molar-refractivity contribution is 8.04. The molecule has 0 unspecified atom stereocenters. The van der Waals surface area contributed by atoms with Gasteiger partial charge in [0.1, 0.15) is 24.5 Å². The molecule has 0 atom stereocenters. The Kier molecular flexibility index (Phi) is 18.9. The van der Waals surface area contributed by atoms with Crippen molar-refractivity contribution in [1.29, 1.82) is 0 Å². The highest BCUT2D eigenvalue weighted by atomic mass is 32.2. The number of allylic oxidation sites excluding steroid dienone is 4. The minimum atomic E-state index is -0.0874. The Morgan fingerprint density at radius 1 is 1.27 bits per heavy atom. The molecule has 0 spiro atoms. The van der Waals surface area contributed by atoms with Gasteiger partial charge in [-0.1, -0.05) is 71.0 Å². The highest BCUT2D eigenvalue weighted by Gasteiger charge is 2.12. The molecule has 0 aliphatic heterocycles. The number of benzene rings is 1. The van der Waals surface area contributed by atoms with E-state index in [0.29, 0.717) is 41.7 Å². The topological polar surface area (TPSA) is 96.4 Å². The molecule has 1 amide bonds. The third kappa shape index (κ3) is 14.1. The number of rotatable bonds is 12. The second kappa shape index (κ2) is 20.8. The van der Waals surface area contributed by atoms with Crippen molar-refractivity contribution in [2.45, 2.75) is 67.5 Å². The van der Waals surface area contributed by atoms with E-state index in [1.807, 2.05) is 64.1 Å². The quantitative estimate of drug-likeness (QED) is 0.105. The van der Waals surface area contributed by atoms with Crippen molar-refractivity contribution in [3.8, 4) is 0 Å². The standard InChI is InChI=1S/C14H18N2OS.C13H18N2O2.C2H6/c1-4-18-13(11(2)15-3)14(17)16-10-12-8-6-5-7-9-12;1-4-5-12(6-7-16)17-9-11-8-14-13(15-11)10(2)3;1-2/h5-9H,3-4,10H2,1-2H3,(H,16,17);4-8,10H,9H2,1-3H3,(H,14,15);1-2H3/b13-11-;5-4-,12-6+;. The minimum Gasteiger partial charge on any atom is -0.487 e. The van der Waals surface area contributed by atoms with Gasteiger partial charge in [-0.3, -0.25) is 14.6 Å². The lowest BCUT2D eigenvalue weighted by Crippen LogP contribution is -2.24. The van der Waals surface area contributed by atoms with Crippen LogP contribution in [0.25, 0.3) is 0 Å². The maximum Gasteiger partial charge on any atom is 0.259 e. The molecule has 0 fully saturated rings. The molecular formula is C29H42N4O3S. The van der Waals surface area contributed by atoms with Gasteiger partial charge in [-0.05, 0) is 38.0 Å². The predicted octanol–water partition coefficient (Wildman–Crippen LogP) is 6.72. The van der Waals surface area contributed by atoms with Crippen LogP contribution in [0.1, 0.15) is 71.5 Å². The number of H-pyrrole nitrogens is 1. The fourth-order valence-corrected chi connectivity index (χ4v) is 3.46. The first-order valence-corrected chi connectivity index (χ1v) is 13.4. The zero-order valence-electron chi connectivity index (χ0n) is 23.2. The number of thioether (sulfide) groups is 1. The lowest BCUT2D eigenvalue weighted by atomic mass is 10.2. The number of nitrogens with zero attached hydrogens (tertiary/aromatic N) is 2. The summed E-state index contributed by atoms with van der Waals surface area (Å²) in [6.07, 6.45) is 7.42. The summed E-state index contributed by atoms with van der Waals surface area (Å²) < 4.78 is 5.47. The Hall–Kier alpha value is -3.39. The van der Waals surface area contributed by atoms with Crippen LogP contribution in [0.3, 0.4) is 0 Å². The number of aromatic nitrogens is 2. The Labute approximate surface area is 226 Å². The van der Waals surface area contributed by atoms with Gasteiger partial charge in [0, 0.05) is 18.5 Å². The number of hydrogen-bond donors (Lipinski definition) is 2. The smallest absolute Gasteiger partial charge is 0.259 e. The van der Waals surface area contributed by atoms with Crippen LogP contribution in [0.15, 0.2) is 76.1 Å². The van der Waals surface area contributed by atoms with Gasteiger partial charge in [-0.15, -0.1) is 11.8 Å². The molecule has 2 N–H and O–H groups in total. The van der Waals surface area contributed by atoms with E-state index in [4.69, 9.17) is 4.74 Å². The van der Waals surface area contributed by atoms with Crippen molar-refractivity contribution in [3.05, 3.63) is 88.2 Å². The lowest BCUT2D eigenvalue weighted by Gasteiger charge is -2.09. The van der Waals surface area contributed by atoms with E-state index in [0.717, 1.165) is 22.8 Å². The monoisotopic (exact) mass is 526 g/mol. The minimum absolute atomic E-state index is 0.0874. The summed E-state index contributed by atoms with van der Waals surface area (Å²) in [5, 5.41) is 2.89. The van der Waals surface area contributed by atoms with Crippen molar-refractivity contribution in [2.75, 3.05) is 5.75 Å². The zero-order valence-corrected chi connectivity index (χ0v) is 24.0. The van der Waals surface area contributed by atoms with Crippen LogP contribution in [0, 0.1) is 0 Å². The summed E-state index contributed by atoms with van der Waals surface area (Å²) in [6.45, 7) is 18.2. The Morgan fingerprint density at radius 2 is 1.95 bits per heavy atom. The molecule has 8 heteroatoms. The van der Waals surface area contributed by atoms with Gasteiger partial charge in [0.05, 0.1) is 22.5 Å². The van der Waals surface area contributed by atoms with Gasteiger partial charge in [0.2, 0.25) is 0 Å². The van der Waals surface area contributed by atoms with Crippen LogP contribution in [0.2, 0.25) is 0 Å².